The Kier molecular flexibility index (Phi) is 4.32. The number of rotatable bonds is 4. The van der Waals surface area contributed by atoms with Crippen LogP contribution in [0.1, 0.15) is 21.5 Å². The average Bonchev–Trinajstić information content (AvgIpc) is 2.98. The first kappa shape index (κ1) is 15.1. The van der Waals surface area contributed by atoms with Crippen LogP contribution >= 0.6 is 0 Å². The quantitative estimate of drug-likeness (QED) is 0.797. The molecule has 3 amide bonds. The van der Waals surface area contributed by atoms with E-state index >= 15 is 0 Å². The molecule has 0 spiro atoms. The molecule has 1 fully saturated rings. The van der Waals surface area contributed by atoms with Crippen LogP contribution in [-0.2, 0) is 6.42 Å². The van der Waals surface area contributed by atoms with Crippen molar-refractivity contribution in [3.05, 3.63) is 59.4 Å². The Morgan fingerprint density at radius 3 is 2.65 bits per heavy atom. The summed E-state index contributed by atoms with van der Waals surface area (Å²) in [5, 5.41) is 5.31. The third-order valence-electron chi connectivity index (χ3n) is 4.03. The van der Waals surface area contributed by atoms with Gasteiger partial charge in [-0.1, -0.05) is 30.3 Å². The van der Waals surface area contributed by atoms with Gasteiger partial charge in [-0.15, -0.1) is 0 Å². The molecule has 6 heteroatoms. The molecule has 1 aliphatic rings. The van der Waals surface area contributed by atoms with Crippen molar-refractivity contribution in [3.63, 3.8) is 0 Å². The lowest BCUT2D eigenvalue weighted by atomic mass is 10.0. The fourth-order valence-corrected chi connectivity index (χ4v) is 2.72. The van der Waals surface area contributed by atoms with Gasteiger partial charge in [0, 0.05) is 32.5 Å². The predicted octanol–water partition coefficient (Wildman–Crippen LogP) is 1.36. The van der Waals surface area contributed by atoms with Crippen molar-refractivity contribution >= 4 is 11.9 Å². The minimum absolute atomic E-state index is 0.00661. The number of benzene rings is 1. The monoisotopic (exact) mass is 312 g/mol. The summed E-state index contributed by atoms with van der Waals surface area (Å²) in [4.78, 5) is 28.6. The molecule has 0 atom stereocenters. The number of H-pyrrole nitrogens is 1. The van der Waals surface area contributed by atoms with Crippen molar-refractivity contribution in [2.75, 3.05) is 20.1 Å². The molecule has 3 rings (SSSR count). The van der Waals surface area contributed by atoms with E-state index in [0.29, 0.717) is 18.7 Å². The van der Waals surface area contributed by atoms with Gasteiger partial charge in [-0.25, -0.2) is 4.79 Å². The van der Waals surface area contributed by atoms with E-state index in [1.807, 2.05) is 36.5 Å². The van der Waals surface area contributed by atoms with Crippen molar-refractivity contribution in [3.8, 4) is 0 Å². The summed E-state index contributed by atoms with van der Waals surface area (Å²) in [6.45, 7) is 1.09. The van der Waals surface area contributed by atoms with Gasteiger partial charge in [0.05, 0.1) is 11.6 Å². The van der Waals surface area contributed by atoms with Gasteiger partial charge in [0.15, 0.2) is 0 Å². The van der Waals surface area contributed by atoms with Gasteiger partial charge in [-0.3, -0.25) is 4.79 Å². The van der Waals surface area contributed by atoms with Crippen LogP contribution in [0, 0.1) is 0 Å². The maximum absolute atomic E-state index is 12.6. The lowest BCUT2D eigenvalue weighted by Crippen LogP contribution is -2.62. The van der Waals surface area contributed by atoms with Gasteiger partial charge in [0.1, 0.15) is 0 Å². The number of urea groups is 1. The Balaban J connectivity index is 1.61. The molecule has 0 bridgehead atoms. The minimum Gasteiger partial charge on any atom is -0.367 e. The van der Waals surface area contributed by atoms with Gasteiger partial charge in [0.25, 0.3) is 5.91 Å². The first-order valence-corrected chi connectivity index (χ1v) is 7.64. The standard InChI is InChI=1S/C17H20N4O2/c1-18-17(23)20-14-10-21(11-14)16(22)15-9-19-8-13(15)7-12-5-3-2-4-6-12/h2-6,8-9,14,19H,7,10-11H2,1H3,(H2,18,20,23). The van der Waals surface area contributed by atoms with E-state index in [-0.39, 0.29) is 18.0 Å². The number of carbonyl (C=O) groups excluding carboxylic acids is 2. The average molecular weight is 312 g/mol. The SMILES string of the molecule is CNC(=O)NC1CN(C(=O)c2c[nH]cc2Cc2ccccc2)C1. The molecule has 0 aliphatic carbocycles. The molecule has 6 nitrogen and oxygen atoms in total. The Morgan fingerprint density at radius 1 is 1.22 bits per heavy atom. The van der Waals surface area contributed by atoms with Crippen molar-refractivity contribution in [1.29, 1.82) is 0 Å². The zero-order valence-corrected chi connectivity index (χ0v) is 13.0. The third-order valence-corrected chi connectivity index (χ3v) is 4.03. The molecular weight excluding hydrogens is 292 g/mol. The number of hydrogen-bond donors (Lipinski definition) is 3. The van der Waals surface area contributed by atoms with Crippen LogP contribution in [0.15, 0.2) is 42.7 Å². The van der Waals surface area contributed by atoms with E-state index in [1.165, 1.54) is 5.56 Å². The first-order chi connectivity index (χ1) is 11.2. The molecule has 23 heavy (non-hydrogen) atoms. The molecule has 0 radical (unpaired) electrons. The van der Waals surface area contributed by atoms with Crippen LogP contribution in [0.5, 0.6) is 0 Å². The molecule has 1 aliphatic heterocycles. The number of nitrogens with zero attached hydrogens (tertiary/aromatic N) is 1. The normalized spacial score (nSPS) is 14.2. The van der Waals surface area contributed by atoms with Gasteiger partial charge in [-0.05, 0) is 17.5 Å². The third kappa shape index (κ3) is 3.36. The van der Waals surface area contributed by atoms with Crippen LogP contribution in [0.2, 0.25) is 0 Å². The summed E-state index contributed by atoms with van der Waals surface area (Å²) in [7, 11) is 1.58. The van der Waals surface area contributed by atoms with E-state index in [1.54, 1.807) is 18.1 Å². The van der Waals surface area contributed by atoms with Crippen LogP contribution in [0.25, 0.3) is 0 Å². The molecule has 120 valence electrons. The van der Waals surface area contributed by atoms with Gasteiger partial charge in [0.2, 0.25) is 0 Å². The zero-order valence-electron chi connectivity index (χ0n) is 13.0. The summed E-state index contributed by atoms with van der Waals surface area (Å²) in [6, 6.07) is 9.88. The fourth-order valence-electron chi connectivity index (χ4n) is 2.72. The molecule has 0 unspecified atom stereocenters. The maximum atomic E-state index is 12.6. The van der Waals surface area contributed by atoms with Crippen LogP contribution < -0.4 is 10.6 Å². The Bertz CT molecular complexity index is 690. The molecular formula is C17H20N4O2. The molecule has 2 heterocycles. The Morgan fingerprint density at radius 2 is 1.96 bits per heavy atom. The number of hydrogen-bond acceptors (Lipinski definition) is 2. The molecule has 1 aromatic heterocycles. The van der Waals surface area contributed by atoms with Crippen molar-refractivity contribution < 1.29 is 9.59 Å². The number of nitrogens with one attached hydrogen (secondary N) is 3. The number of aromatic amines is 1. The number of amides is 3. The van der Waals surface area contributed by atoms with Gasteiger partial charge >= 0.3 is 6.03 Å². The Hall–Kier alpha value is -2.76. The zero-order chi connectivity index (χ0) is 16.2. The van der Waals surface area contributed by atoms with E-state index in [9.17, 15) is 9.59 Å². The second-order valence-corrected chi connectivity index (χ2v) is 5.69. The largest absolute Gasteiger partial charge is 0.367 e. The molecule has 3 N–H and O–H groups in total. The van der Waals surface area contributed by atoms with Crippen LogP contribution in [-0.4, -0.2) is 48.0 Å². The van der Waals surface area contributed by atoms with E-state index in [2.05, 4.69) is 15.6 Å². The lowest BCUT2D eigenvalue weighted by Gasteiger charge is -2.39. The second kappa shape index (κ2) is 6.56. The van der Waals surface area contributed by atoms with Gasteiger partial charge < -0.3 is 20.5 Å². The Labute approximate surface area is 134 Å². The summed E-state index contributed by atoms with van der Waals surface area (Å²) in [5.41, 5.74) is 2.86. The lowest BCUT2D eigenvalue weighted by molar-refractivity contribution is 0.0577. The minimum atomic E-state index is -0.214. The molecule has 2 aromatic rings. The van der Waals surface area contributed by atoms with E-state index < -0.39 is 0 Å². The van der Waals surface area contributed by atoms with Crippen LogP contribution in [0.4, 0.5) is 4.79 Å². The fraction of sp³-hybridized carbons (Fsp3) is 0.294. The smallest absolute Gasteiger partial charge is 0.314 e. The van der Waals surface area contributed by atoms with E-state index in [0.717, 1.165) is 12.0 Å². The highest BCUT2D eigenvalue weighted by molar-refractivity contribution is 5.96. The predicted molar refractivity (Wildman–Crippen MR) is 87.3 cm³/mol. The molecule has 1 saturated heterocycles. The number of aromatic nitrogens is 1. The second-order valence-electron chi connectivity index (χ2n) is 5.69. The summed E-state index contributed by atoms with van der Waals surface area (Å²) in [5.74, 6) is 0.00661. The van der Waals surface area contributed by atoms with Crippen LogP contribution in [0.3, 0.4) is 0 Å². The summed E-state index contributed by atoms with van der Waals surface area (Å²) >= 11 is 0. The highest BCUT2D eigenvalue weighted by Crippen LogP contribution is 2.19. The van der Waals surface area contributed by atoms with Gasteiger partial charge in [-0.2, -0.15) is 0 Å². The van der Waals surface area contributed by atoms with Crippen molar-refractivity contribution in [2.45, 2.75) is 12.5 Å². The van der Waals surface area contributed by atoms with Crippen molar-refractivity contribution in [1.82, 2.24) is 20.5 Å². The maximum Gasteiger partial charge on any atom is 0.314 e. The number of carbonyl (C=O) groups is 2. The first-order valence-electron chi connectivity index (χ1n) is 7.64. The molecule has 0 saturated carbocycles. The van der Waals surface area contributed by atoms with Crippen molar-refractivity contribution in [2.24, 2.45) is 0 Å². The number of likely N-dealkylation sites (tertiary alicyclic amines) is 1. The summed E-state index contributed by atoms with van der Waals surface area (Å²) in [6.07, 6.45) is 4.35. The highest BCUT2D eigenvalue weighted by atomic mass is 16.2. The van der Waals surface area contributed by atoms with E-state index in [4.69, 9.17) is 0 Å². The molecule has 1 aromatic carbocycles. The topological polar surface area (TPSA) is 77.2 Å². The summed E-state index contributed by atoms with van der Waals surface area (Å²) < 4.78 is 0. The highest BCUT2D eigenvalue weighted by Gasteiger charge is 2.33.